The van der Waals surface area contributed by atoms with E-state index in [9.17, 15) is 9.59 Å². The molecule has 20 heavy (non-hydrogen) atoms. The van der Waals surface area contributed by atoms with Crippen molar-refractivity contribution in [3.63, 3.8) is 0 Å². The highest BCUT2D eigenvalue weighted by Crippen LogP contribution is 2.27. The monoisotopic (exact) mass is 277 g/mol. The first kappa shape index (κ1) is 14.4. The van der Waals surface area contributed by atoms with E-state index in [2.05, 4.69) is 0 Å². The van der Waals surface area contributed by atoms with Crippen molar-refractivity contribution in [2.24, 2.45) is 0 Å². The molecule has 0 aromatic heterocycles. The first-order valence-electron chi connectivity index (χ1n) is 6.77. The van der Waals surface area contributed by atoms with Gasteiger partial charge in [-0.05, 0) is 31.9 Å². The zero-order chi connectivity index (χ0) is 14.5. The number of carbonyl (C=O) groups is 2. The van der Waals surface area contributed by atoms with Gasteiger partial charge in [0.15, 0.2) is 6.61 Å². The molecule has 2 rings (SSSR count). The first-order valence-corrected chi connectivity index (χ1v) is 6.77. The molecule has 0 saturated heterocycles. The number of rotatable bonds is 7. The summed E-state index contributed by atoms with van der Waals surface area (Å²) >= 11 is 0. The summed E-state index contributed by atoms with van der Waals surface area (Å²) in [5, 5.41) is 8.71. The minimum Gasteiger partial charge on any atom is -0.484 e. The number of hydrogen-bond acceptors (Lipinski definition) is 3. The topological polar surface area (TPSA) is 66.8 Å². The van der Waals surface area contributed by atoms with E-state index in [4.69, 9.17) is 9.84 Å². The molecule has 1 amide bonds. The lowest BCUT2D eigenvalue weighted by Crippen LogP contribution is -2.38. The smallest absolute Gasteiger partial charge is 0.305 e. The number of ether oxygens (including phenoxy) is 1. The van der Waals surface area contributed by atoms with Crippen LogP contribution in [0, 0.1) is 6.92 Å². The number of carboxylic acid groups (broad SMARTS) is 1. The highest BCUT2D eigenvalue weighted by atomic mass is 16.5. The summed E-state index contributed by atoms with van der Waals surface area (Å²) in [6.07, 6.45) is 1.89. The Morgan fingerprint density at radius 3 is 2.50 bits per heavy atom. The number of hydrogen-bond donors (Lipinski definition) is 1. The van der Waals surface area contributed by atoms with E-state index in [1.54, 1.807) is 4.90 Å². The van der Waals surface area contributed by atoms with Gasteiger partial charge in [0.2, 0.25) is 0 Å². The number of aryl methyl sites for hydroxylation is 1. The Morgan fingerprint density at radius 1 is 1.30 bits per heavy atom. The summed E-state index contributed by atoms with van der Waals surface area (Å²) < 4.78 is 5.45. The van der Waals surface area contributed by atoms with Gasteiger partial charge in [0, 0.05) is 12.6 Å². The van der Waals surface area contributed by atoms with E-state index in [0.717, 1.165) is 18.4 Å². The van der Waals surface area contributed by atoms with Gasteiger partial charge in [-0.25, -0.2) is 0 Å². The molecule has 5 nitrogen and oxygen atoms in total. The lowest BCUT2D eigenvalue weighted by Gasteiger charge is -2.21. The quantitative estimate of drug-likeness (QED) is 0.825. The lowest BCUT2D eigenvalue weighted by atomic mass is 10.2. The number of nitrogens with zero attached hydrogens (tertiary/aromatic N) is 1. The van der Waals surface area contributed by atoms with Crippen molar-refractivity contribution in [3.05, 3.63) is 29.8 Å². The molecule has 0 atom stereocenters. The maximum atomic E-state index is 12.1. The zero-order valence-corrected chi connectivity index (χ0v) is 11.5. The zero-order valence-electron chi connectivity index (χ0n) is 11.5. The van der Waals surface area contributed by atoms with E-state index >= 15 is 0 Å². The van der Waals surface area contributed by atoms with Crippen molar-refractivity contribution in [2.45, 2.75) is 32.2 Å². The van der Waals surface area contributed by atoms with Crippen LogP contribution in [-0.2, 0) is 9.59 Å². The van der Waals surface area contributed by atoms with Gasteiger partial charge in [0.25, 0.3) is 5.91 Å². The molecule has 1 aliphatic rings. The highest BCUT2D eigenvalue weighted by molar-refractivity contribution is 5.79. The lowest BCUT2D eigenvalue weighted by molar-refractivity contribution is -0.139. The Kier molecular flexibility index (Phi) is 4.61. The molecule has 0 aliphatic heterocycles. The fourth-order valence-corrected chi connectivity index (χ4v) is 1.98. The Labute approximate surface area is 118 Å². The van der Waals surface area contributed by atoms with Gasteiger partial charge in [-0.2, -0.15) is 0 Å². The van der Waals surface area contributed by atoms with Gasteiger partial charge < -0.3 is 14.7 Å². The standard InChI is InChI=1S/C15H19NO4/c1-11-2-6-13(7-3-11)20-10-14(17)16(12-4-5-12)9-8-15(18)19/h2-3,6-7,12H,4-5,8-10H2,1H3,(H,18,19). The van der Waals surface area contributed by atoms with Crippen LogP contribution in [0.5, 0.6) is 5.75 Å². The van der Waals surface area contributed by atoms with Gasteiger partial charge in [-0.3, -0.25) is 9.59 Å². The third-order valence-corrected chi connectivity index (χ3v) is 3.26. The number of carbonyl (C=O) groups excluding carboxylic acids is 1. The van der Waals surface area contributed by atoms with Crippen LogP contribution < -0.4 is 4.74 Å². The highest BCUT2D eigenvalue weighted by Gasteiger charge is 2.32. The summed E-state index contributed by atoms with van der Waals surface area (Å²) in [6, 6.07) is 7.68. The van der Waals surface area contributed by atoms with Crippen molar-refractivity contribution in [3.8, 4) is 5.75 Å². The largest absolute Gasteiger partial charge is 0.484 e. The van der Waals surface area contributed by atoms with Gasteiger partial charge in [0.1, 0.15) is 5.75 Å². The molecule has 0 heterocycles. The van der Waals surface area contributed by atoms with Crippen LogP contribution in [0.1, 0.15) is 24.8 Å². The molecule has 0 spiro atoms. The molecule has 1 aromatic carbocycles. The summed E-state index contributed by atoms with van der Waals surface area (Å²) in [4.78, 5) is 24.3. The minimum absolute atomic E-state index is 0.0211. The number of amides is 1. The summed E-state index contributed by atoms with van der Waals surface area (Å²) in [5.41, 5.74) is 1.13. The molecule has 108 valence electrons. The first-order chi connectivity index (χ1) is 9.56. The average Bonchev–Trinajstić information content (AvgIpc) is 3.22. The van der Waals surface area contributed by atoms with E-state index in [1.807, 2.05) is 31.2 Å². The Bertz CT molecular complexity index is 479. The van der Waals surface area contributed by atoms with Crippen LogP contribution in [-0.4, -0.2) is 41.1 Å². The third-order valence-electron chi connectivity index (χ3n) is 3.26. The number of benzene rings is 1. The molecular weight excluding hydrogens is 258 g/mol. The van der Waals surface area contributed by atoms with Crippen LogP contribution in [0.4, 0.5) is 0 Å². The second-order valence-electron chi connectivity index (χ2n) is 5.06. The molecule has 0 unspecified atom stereocenters. The molecule has 1 saturated carbocycles. The van der Waals surface area contributed by atoms with Crippen LogP contribution in [0.25, 0.3) is 0 Å². The maximum Gasteiger partial charge on any atom is 0.305 e. The maximum absolute atomic E-state index is 12.1. The molecule has 0 radical (unpaired) electrons. The Morgan fingerprint density at radius 2 is 1.95 bits per heavy atom. The van der Waals surface area contributed by atoms with Crippen molar-refractivity contribution in [1.82, 2.24) is 4.90 Å². The van der Waals surface area contributed by atoms with Crippen molar-refractivity contribution < 1.29 is 19.4 Å². The molecule has 1 aromatic rings. The van der Waals surface area contributed by atoms with Crippen LogP contribution in [0.3, 0.4) is 0 Å². The Balaban J connectivity index is 1.85. The summed E-state index contributed by atoms with van der Waals surface area (Å²) in [7, 11) is 0. The number of aliphatic carboxylic acids is 1. The molecule has 0 bridgehead atoms. The van der Waals surface area contributed by atoms with Gasteiger partial charge in [-0.15, -0.1) is 0 Å². The Hall–Kier alpha value is -2.04. The summed E-state index contributed by atoms with van der Waals surface area (Å²) in [5.74, 6) is -0.379. The van der Waals surface area contributed by atoms with Crippen molar-refractivity contribution in [1.29, 1.82) is 0 Å². The summed E-state index contributed by atoms with van der Waals surface area (Å²) in [6.45, 7) is 2.20. The van der Waals surface area contributed by atoms with E-state index in [0.29, 0.717) is 5.75 Å². The average molecular weight is 277 g/mol. The molecule has 1 N–H and O–H groups in total. The van der Waals surface area contributed by atoms with Crippen LogP contribution >= 0.6 is 0 Å². The van der Waals surface area contributed by atoms with Crippen LogP contribution in [0.15, 0.2) is 24.3 Å². The third kappa shape index (κ3) is 4.26. The predicted octanol–water partition coefficient (Wildman–Crippen LogP) is 1.84. The normalized spacial score (nSPS) is 13.8. The minimum atomic E-state index is -0.886. The van der Waals surface area contributed by atoms with Crippen molar-refractivity contribution in [2.75, 3.05) is 13.2 Å². The second kappa shape index (κ2) is 6.41. The van der Waals surface area contributed by atoms with E-state index in [-0.39, 0.29) is 31.5 Å². The van der Waals surface area contributed by atoms with Gasteiger partial charge in [0.05, 0.1) is 6.42 Å². The number of carboxylic acids is 1. The molecular formula is C15H19NO4. The van der Waals surface area contributed by atoms with Gasteiger partial charge in [-0.1, -0.05) is 17.7 Å². The van der Waals surface area contributed by atoms with E-state index < -0.39 is 5.97 Å². The predicted molar refractivity (Wildman–Crippen MR) is 73.7 cm³/mol. The molecule has 1 aliphatic carbocycles. The molecule has 1 fully saturated rings. The van der Waals surface area contributed by atoms with Crippen molar-refractivity contribution >= 4 is 11.9 Å². The second-order valence-corrected chi connectivity index (χ2v) is 5.06. The van der Waals surface area contributed by atoms with Gasteiger partial charge >= 0.3 is 5.97 Å². The fraction of sp³-hybridized carbons (Fsp3) is 0.467. The molecule has 5 heteroatoms. The van der Waals surface area contributed by atoms with Crippen LogP contribution in [0.2, 0.25) is 0 Å². The fourth-order valence-electron chi connectivity index (χ4n) is 1.98. The van der Waals surface area contributed by atoms with E-state index in [1.165, 1.54) is 0 Å². The SMILES string of the molecule is Cc1ccc(OCC(=O)N(CCC(=O)O)C2CC2)cc1.